The van der Waals surface area contributed by atoms with Gasteiger partial charge in [-0.05, 0) is 29.8 Å². The first-order valence-corrected chi connectivity index (χ1v) is 7.36. The van der Waals surface area contributed by atoms with Gasteiger partial charge in [0.25, 0.3) is 0 Å². The van der Waals surface area contributed by atoms with Gasteiger partial charge in [0.2, 0.25) is 0 Å². The fourth-order valence-corrected chi connectivity index (χ4v) is 1.92. The summed E-state index contributed by atoms with van der Waals surface area (Å²) in [6, 6.07) is 8.67. The second kappa shape index (κ2) is 9.02. The molecule has 1 aromatic carbocycles. The van der Waals surface area contributed by atoms with Gasteiger partial charge < -0.3 is 14.8 Å². The van der Waals surface area contributed by atoms with E-state index >= 15 is 0 Å². The van der Waals surface area contributed by atoms with Crippen molar-refractivity contribution >= 4 is 18.0 Å². The molecule has 130 valence electrons. The van der Waals surface area contributed by atoms with Gasteiger partial charge in [-0.3, -0.25) is 14.6 Å². The number of pyridine rings is 1. The molecule has 25 heavy (non-hydrogen) atoms. The summed E-state index contributed by atoms with van der Waals surface area (Å²) in [6.45, 7) is 0.202. The van der Waals surface area contributed by atoms with Crippen LogP contribution < -0.4 is 20.2 Å². The highest BCUT2D eigenvalue weighted by Gasteiger charge is 2.12. The van der Waals surface area contributed by atoms with Crippen molar-refractivity contribution in [3.63, 3.8) is 0 Å². The molecule has 0 aliphatic carbocycles. The largest absolute Gasteiger partial charge is 0.497 e. The van der Waals surface area contributed by atoms with Crippen molar-refractivity contribution in [2.75, 3.05) is 14.2 Å². The number of ether oxygens (including phenoxy) is 2. The number of hydrazone groups is 1. The summed E-state index contributed by atoms with van der Waals surface area (Å²) < 4.78 is 10.3. The summed E-state index contributed by atoms with van der Waals surface area (Å²) in [5, 5.41) is 6.25. The third-order valence-corrected chi connectivity index (χ3v) is 3.19. The third-order valence-electron chi connectivity index (χ3n) is 3.19. The molecule has 0 bridgehead atoms. The first-order valence-electron chi connectivity index (χ1n) is 7.36. The molecule has 2 N–H and O–H groups in total. The minimum Gasteiger partial charge on any atom is -0.497 e. The molecular formula is C17H18N4O4. The number of aromatic nitrogens is 1. The Morgan fingerprint density at radius 2 is 2.04 bits per heavy atom. The van der Waals surface area contributed by atoms with E-state index in [1.807, 2.05) is 0 Å². The van der Waals surface area contributed by atoms with Gasteiger partial charge >= 0.3 is 11.8 Å². The van der Waals surface area contributed by atoms with Crippen LogP contribution in [0.1, 0.15) is 11.1 Å². The molecular weight excluding hydrogens is 324 g/mol. The number of hydrogen-bond donors (Lipinski definition) is 2. The molecule has 0 saturated heterocycles. The monoisotopic (exact) mass is 342 g/mol. The lowest BCUT2D eigenvalue weighted by molar-refractivity contribution is -0.139. The Balaban J connectivity index is 1.90. The Morgan fingerprint density at radius 1 is 1.20 bits per heavy atom. The van der Waals surface area contributed by atoms with E-state index in [4.69, 9.17) is 9.47 Å². The van der Waals surface area contributed by atoms with Gasteiger partial charge in [0, 0.05) is 24.5 Å². The van der Waals surface area contributed by atoms with Gasteiger partial charge in [0.1, 0.15) is 11.5 Å². The van der Waals surface area contributed by atoms with Crippen LogP contribution in [0.3, 0.4) is 0 Å². The van der Waals surface area contributed by atoms with Crippen molar-refractivity contribution in [1.29, 1.82) is 0 Å². The first-order chi connectivity index (χ1) is 12.1. The lowest BCUT2D eigenvalue weighted by atomic mass is 10.2. The Labute approximate surface area is 144 Å². The number of amides is 2. The maximum absolute atomic E-state index is 11.7. The van der Waals surface area contributed by atoms with E-state index in [9.17, 15) is 9.59 Å². The van der Waals surface area contributed by atoms with E-state index in [1.54, 1.807) is 42.7 Å². The minimum atomic E-state index is -0.873. The average Bonchev–Trinajstić information content (AvgIpc) is 2.66. The molecule has 1 aromatic heterocycles. The lowest BCUT2D eigenvalue weighted by Gasteiger charge is -2.07. The number of benzene rings is 1. The molecule has 0 saturated carbocycles. The number of rotatable bonds is 6. The highest BCUT2D eigenvalue weighted by atomic mass is 16.5. The van der Waals surface area contributed by atoms with Gasteiger partial charge in [-0.1, -0.05) is 6.07 Å². The van der Waals surface area contributed by atoms with Crippen LogP contribution in [0.25, 0.3) is 0 Å². The molecule has 8 heteroatoms. The van der Waals surface area contributed by atoms with Crippen molar-refractivity contribution in [2.45, 2.75) is 6.54 Å². The van der Waals surface area contributed by atoms with Crippen LogP contribution in [0.5, 0.6) is 11.5 Å². The smallest absolute Gasteiger partial charge is 0.329 e. The standard InChI is InChI=1S/C17H18N4O4/c1-24-14-5-6-15(25-2)13(8-14)11-20-21-17(23)16(22)19-10-12-4-3-7-18-9-12/h3-9,11H,10H2,1-2H3,(H,19,22)(H,21,23). The molecule has 0 unspecified atom stereocenters. The summed E-state index contributed by atoms with van der Waals surface area (Å²) in [4.78, 5) is 27.4. The molecule has 0 aliphatic rings. The van der Waals surface area contributed by atoms with Crippen LogP contribution in [0.15, 0.2) is 47.8 Å². The topological polar surface area (TPSA) is 102 Å². The van der Waals surface area contributed by atoms with Crippen molar-refractivity contribution in [2.24, 2.45) is 5.10 Å². The quantitative estimate of drug-likeness (QED) is 0.461. The van der Waals surface area contributed by atoms with Crippen LogP contribution in [0.4, 0.5) is 0 Å². The number of carbonyl (C=O) groups excluding carboxylic acids is 2. The van der Waals surface area contributed by atoms with Gasteiger partial charge in [0.05, 0.1) is 20.4 Å². The first kappa shape index (κ1) is 17.9. The van der Waals surface area contributed by atoms with Crippen LogP contribution in [0.2, 0.25) is 0 Å². The summed E-state index contributed by atoms with van der Waals surface area (Å²) >= 11 is 0. The molecule has 0 spiro atoms. The molecule has 1 heterocycles. The van der Waals surface area contributed by atoms with Crippen molar-refractivity contribution < 1.29 is 19.1 Å². The zero-order chi connectivity index (χ0) is 18.1. The fraction of sp³-hybridized carbons (Fsp3) is 0.176. The molecule has 2 aromatic rings. The average molecular weight is 342 g/mol. The van der Waals surface area contributed by atoms with E-state index in [0.29, 0.717) is 17.1 Å². The fourth-order valence-electron chi connectivity index (χ4n) is 1.92. The molecule has 0 atom stereocenters. The molecule has 2 amide bonds. The number of nitrogens with zero attached hydrogens (tertiary/aromatic N) is 2. The van der Waals surface area contributed by atoms with E-state index in [1.165, 1.54) is 20.4 Å². The Kier molecular flexibility index (Phi) is 6.47. The summed E-state index contributed by atoms with van der Waals surface area (Å²) in [5.41, 5.74) is 3.54. The van der Waals surface area contributed by atoms with Crippen LogP contribution >= 0.6 is 0 Å². The molecule has 0 aliphatic heterocycles. The van der Waals surface area contributed by atoms with Crippen LogP contribution in [-0.2, 0) is 16.1 Å². The van der Waals surface area contributed by atoms with Gasteiger partial charge in [-0.25, -0.2) is 5.43 Å². The number of carbonyl (C=O) groups is 2. The maximum atomic E-state index is 11.7. The number of hydrogen-bond acceptors (Lipinski definition) is 6. The van der Waals surface area contributed by atoms with Gasteiger partial charge in [-0.2, -0.15) is 5.10 Å². The Bertz CT molecular complexity index is 762. The highest BCUT2D eigenvalue weighted by Crippen LogP contribution is 2.22. The maximum Gasteiger partial charge on any atom is 0.329 e. The second-order valence-corrected chi connectivity index (χ2v) is 4.85. The highest BCUT2D eigenvalue weighted by molar-refractivity contribution is 6.35. The van der Waals surface area contributed by atoms with Crippen LogP contribution in [-0.4, -0.2) is 37.2 Å². The summed E-state index contributed by atoms with van der Waals surface area (Å²) in [6.07, 6.45) is 4.60. The van der Waals surface area contributed by atoms with Crippen molar-refractivity contribution in [3.8, 4) is 11.5 Å². The van der Waals surface area contributed by atoms with E-state index in [-0.39, 0.29) is 6.54 Å². The predicted octanol–water partition coefficient (Wildman–Crippen LogP) is 0.865. The predicted molar refractivity (Wildman–Crippen MR) is 91.4 cm³/mol. The normalized spacial score (nSPS) is 10.3. The SMILES string of the molecule is COc1ccc(OC)c(C=NNC(=O)C(=O)NCc2cccnc2)c1. The zero-order valence-electron chi connectivity index (χ0n) is 13.9. The van der Waals surface area contributed by atoms with E-state index < -0.39 is 11.8 Å². The van der Waals surface area contributed by atoms with Crippen molar-refractivity contribution in [1.82, 2.24) is 15.7 Å². The third kappa shape index (κ3) is 5.31. The minimum absolute atomic E-state index is 0.202. The summed E-state index contributed by atoms with van der Waals surface area (Å²) in [7, 11) is 3.06. The Morgan fingerprint density at radius 3 is 2.72 bits per heavy atom. The van der Waals surface area contributed by atoms with Crippen LogP contribution in [0, 0.1) is 0 Å². The van der Waals surface area contributed by atoms with Gasteiger partial charge in [0.15, 0.2) is 0 Å². The molecule has 8 nitrogen and oxygen atoms in total. The number of methoxy groups -OCH3 is 2. The Hall–Kier alpha value is -3.42. The molecule has 0 radical (unpaired) electrons. The van der Waals surface area contributed by atoms with Crippen molar-refractivity contribution in [3.05, 3.63) is 53.9 Å². The lowest BCUT2D eigenvalue weighted by Crippen LogP contribution is -2.37. The zero-order valence-corrected chi connectivity index (χ0v) is 13.9. The molecule has 2 rings (SSSR count). The molecule has 0 fully saturated rings. The summed E-state index contributed by atoms with van der Waals surface area (Å²) in [5.74, 6) is -0.497. The van der Waals surface area contributed by atoms with E-state index in [0.717, 1.165) is 5.56 Å². The van der Waals surface area contributed by atoms with Gasteiger partial charge in [-0.15, -0.1) is 0 Å². The second-order valence-electron chi connectivity index (χ2n) is 4.85. The van der Waals surface area contributed by atoms with E-state index in [2.05, 4.69) is 20.8 Å². The number of nitrogens with one attached hydrogen (secondary N) is 2.